The van der Waals surface area contributed by atoms with Crippen LogP contribution in [-0.4, -0.2) is 38.4 Å². The van der Waals surface area contributed by atoms with Gasteiger partial charge in [-0.25, -0.2) is 8.42 Å². The van der Waals surface area contributed by atoms with Crippen LogP contribution in [0.4, 0.5) is 0 Å². The summed E-state index contributed by atoms with van der Waals surface area (Å²) in [5.41, 5.74) is 0. The van der Waals surface area contributed by atoms with E-state index in [1.54, 1.807) is 12.1 Å². The SMILES string of the molecule is COC(=O)C1CCCN1S(=O)(=O)c1ccc(Br)cc1. The number of nitrogens with zero attached hydrogens (tertiary/aromatic N) is 1. The lowest BCUT2D eigenvalue weighted by Crippen LogP contribution is -2.40. The molecule has 0 spiro atoms. The number of hydrogen-bond donors (Lipinski definition) is 0. The Hall–Kier alpha value is -0.920. The van der Waals surface area contributed by atoms with Crippen molar-refractivity contribution >= 4 is 31.9 Å². The number of hydrogen-bond acceptors (Lipinski definition) is 4. The maximum atomic E-state index is 12.5. The molecule has 0 aromatic heterocycles. The van der Waals surface area contributed by atoms with Crippen LogP contribution in [0.2, 0.25) is 0 Å². The fraction of sp³-hybridized carbons (Fsp3) is 0.417. The standard InChI is InChI=1S/C12H14BrNO4S/c1-18-12(15)11-3-2-8-14(11)19(16,17)10-6-4-9(13)5-7-10/h4-7,11H,2-3,8H2,1H3. The van der Waals surface area contributed by atoms with Crippen molar-refractivity contribution in [1.82, 2.24) is 4.31 Å². The van der Waals surface area contributed by atoms with Crippen LogP contribution < -0.4 is 0 Å². The van der Waals surface area contributed by atoms with Crippen molar-refractivity contribution in [3.63, 3.8) is 0 Å². The molecule has 1 aromatic carbocycles. The molecule has 0 saturated carbocycles. The first-order chi connectivity index (χ1) is 8.96. The molecule has 1 saturated heterocycles. The Morgan fingerprint density at radius 2 is 2.00 bits per heavy atom. The minimum atomic E-state index is -3.65. The maximum Gasteiger partial charge on any atom is 0.324 e. The van der Waals surface area contributed by atoms with Gasteiger partial charge >= 0.3 is 5.97 Å². The molecule has 1 aromatic rings. The quantitative estimate of drug-likeness (QED) is 0.781. The molecule has 1 atom stereocenters. The van der Waals surface area contributed by atoms with Crippen LogP contribution in [0, 0.1) is 0 Å². The monoisotopic (exact) mass is 347 g/mol. The lowest BCUT2D eigenvalue weighted by Gasteiger charge is -2.22. The minimum Gasteiger partial charge on any atom is -0.468 e. The van der Waals surface area contributed by atoms with Gasteiger partial charge in [-0.1, -0.05) is 15.9 Å². The normalized spacial score (nSPS) is 20.4. The fourth-order valence-corrected chi connectivity index (χ4v) is 4.05. The van der Waals surface area contributed by atoms with Gasteiger partial charge < -0.3 is 4.74 Å². The third-order valence-electron chi connectivity index (χ3n) is 3.10. The zero-order valence-electron chi connectivity index (χ0n) is 10.4. The number of ether oxygens (including phenoxy) is 1. The number of rotatable bonds is 3. The van der Waals surface area contributed by atoms with Crippen LogP contribution >= 0.6 is 15.9 Å². The summed E-state index contributed by atoms with van der Waals surface area (Å²) >= 11 is 3.26. The molecule has 0 aliphatic carbocycles. The molecular formula is C12H14BrNO4S. The highest BCUT2D eigenvalue weighted by Crippen LogP contribution is 2.27. The largest absolute Gasteiger partial charge is 0.468 e. The van der Waals surface area contributed by atoms with E-state index < -0.39 is 22.0 Å². The molecule has 0 radical (unpaired) electrons. The summed E-state index contributed by atoms with van der Waals surface area (Å²) in [5.74, 6) is -0.502. The van der Waals surface area contributed by atoms with Crippen molar-refractivity contribution in [1.29, 1.82) is 0 Å². The van der Waals surface area contributed by atoms with E-state index >= 15 is 0 Å². The molecule has 7 heteroatoms. The van der Waals surface area contributed by atoms with Crippen LogP contribution in [0.15, 0.2) is 33.6 Å². The Kier molecular flexibility index (Phi) is 4.27. The molecule has 104 valence electrons. The number of sulfonamides is 1. The lowest BCUT2D eigenvalue weighted by atomic mass is 10.2. The van der Waals surface area contributed by atoms with Crippen molar-refractivity contribution in [3.8, 4) is 0 Å². The predicted molar refractivity (Wildman–Crippen MR) is 73.1 cm³/mol. The molecule has 1 heterocycles. The Morgan fingerprint density at radius 3 is 2.58 bits per heavy atom. The topological polar surface area (TPSA) is 63.7 Å². The molecule has 0 amide bonds. The van der Waals surface area contributed by atoms with Gasteiger partial charge in [0.1, 0.15) is 6.04 Å². The summed E-state index contributed by atoms with van der Waals surface area (Å²) in [5, 5.41) is 0. The number of halogens is 1. The Morgan fingerprint density at radius 1 is 1.37 bits per heavy atom. The van der Waals surface area contributed by atoms with Crippen LogP contribution in [0.3, 0.4) is 0 Å². The minimum absolute atomic E-state index is 0.187. The van der Waals surface area contributed by atoms with Gasteiger partial charge in [-0.15, -0.1) is 0 Å². The van der Waals surface area contributed by atoms with Crippen LogP contribution in [-0.2, 0) is 19.6 Å². The molecule has 0 N–H and O–H groups in total. The average molecular weight is 348 g/mol. The first kappa shape index (κ1) is 14.5. The van der Waals surface area contributed by atoms with Gasteiger partial charge in [-0.3, -0.25) is 4.79 Å². The van der Waals surface area contributed by atoms with Gasteiger partial charge in [-0.2, -0.15) is 4.31 Å². The van der Waals surface area contributed by atoms with Crippen molar-refractivity contribution in [3.05, 3.63) is 28.7 Å². The second-order valence-corrected chi connectivity index (χ2v) is 7.06. The van der Waals surface area contributed by atoms with E-state index in [1.807, 2.05) is 0 Å². The summed E-state index contributed by atoms with van der Waals surface area (Å²) < 4.78 is 31.6. The molecule has 1 aliphatic rings. The highest BCUT2D eigenvalue weighted by molar-refractivity contribution is 9.10. The first-order valence-corrected chi connectivity index (χ1v) is 8.05. The van der Waals surface area contributed by atoms with Gasteiger partial charge in [0.25, 0.3) is 0 Å². The van der Waals surface area contributed by atoms with E-state index in [4.69, 9.17) is 0 Å². The van der Waals surface area contributed by atoms with Crippen molar-refractivity contribution in [2.45, 2.75) is 23.8 Å². The van der Waals surface area contributed by atoms with Crippen LogP contribution in [0.1, 0.15) is 12.8 Å². The summed E-state index contributed by atoms with van der Waals surface area (Å²) in [6, 6.07) is 5.66. The number of methoxy groups -OCH3 is 1. The smallest absolute Gasteiger partial charge is 0.324 e. The highest BCUT2D eigenvalue weighted by atomic mass is 79.9. The molecule has 1 aliphatic heterocycles. The zero-order chi connectivity index (χ0) is 14.0. The van der Waals surface area contributed by atoms with Gasteiger partial charge in [0.05, 0.1) is 12.0 Å². The molecule has 19 heavy (non-hydrogen) atoms. The van der Waals surface area contributed by atoms with Crippen LogP contribution in [0.25, 0.3) is 0 Å². The summed E-state index contributed by atoms with van der Waals surface area (Å²) in [7, 11) is -2.38. The van der Waals surface area contributed by atoms with Gasteiger partial charge in [0.15, 0.2) is 0 Å². The molecule has 1 fully saturated rings. The van der Waals surface area contributed by atoms with E-state index in [0.717, 1.165) is 4.47 Å². The van der Waals surface area contributed by atoms with Crippen molar-refractivity contribution in [2.75, 3.05) is 13.7 Å². The second-order valence-electron chi connectivity index (χ2n) is 4.25. The fourth-order valence-electron chi connectivity index (χ4n) is 2.14. The van der Waals surface area contributed by atoms with E-state index in [9.17, 15) is 13.2 Å². The maximum absolute atomic E-state index is 12.5. The van der Waals surface area contributed by atoms with E-state index in [-0.39, 0.29) is 4.90 Å². The summed E-state index contributed by atoms with van der Waals surface area (Å²) in [6.07, 6.45) is 1.16. The van der Waals surface area contributed by atoms with Crippen LogP contribution in [0.5, 0.6) is 0 Å². The number of carbonyl (C=O) groups excluding carboxylic acids is 1. The number of benzene rings is 1. The number of carbonyl (C=O) groups is 1. The van der Waals surface area contributed by atoms with Gasteiger partial charge in [0.2, 0.25) is 10.0 Å². The third kappa shape index (κ3) is 2.82. The molecule has 5 nitrogen and oxygen atoms in total. The molecule has 2 rings (SSSR count). The van der Waals surface area contributed by atoms with E-state index in [0.29, 0.717) is 19.4 Å². The average Bonchev–Trinajstić information content (AvgIpc) is 2.88. The Bertz CT molecular complexity index is 570. The molecule has 0 bridgehead atoms. The summed E-state index contributed by atoms with van der Waals surface area (Å²) in [6.45, 7) is 0.345. The second kappa shape index (κ2) is 5.60. The lowest BCUT2D eigenvalue weighted by molar-refractivity contribution is -0.144. The van der Waals surface area contributed by atoms with Crippen molar-refractivity contribution < 1.29 is 17.9 Å². The van der Waals surface area contributed by atoms with Crippen molar-refractivity contribution in [2.24, 2.45) is 0 Å². The molecular weight excluding hydrogens is 334 g/mol. The molecule has 1 unspecified atom stereocenters. The van der Waals surface area contributed by atoms with E-state index in [2.05, 4.69) is 20.7 Å². The highest BCUT2D eigenvalue weighted by Gasteiger charge is 2.39. The number of esters is 1. The third-order valence-corrected chi connectivity index (χ3v) is 5.55. The first-order valence-electron chi connectivity index (χ1n) is 5.82. The summed E-state index contributed by atoms with van der Waals surface area (Å²) in [4.78, 5) is 11.8. The van der Waals surface area contributed by atoms with E-state index in [1.165, 1.54) is 23.5 Å². The van der Waals surface area contributed by atoms with Gasteiger partial charge in [-0.05, 0) is 37.1 Å². The zero-order valence-corrected chi connectivity index (χ0v) is 12.8. The Balaban J connectivity index is 2.33. The predicted octanol–water partition coefficient (Wildman–Crippen LogP) is 1.78. The van der Waals surface area contributed by atoms with Gasteiger partial charge in [0, 0.05) is 11.0 Å². The Labute approximate surface area is 120 Å².